The zero-order valence-corrected chi connectivity index (χ0v) is 7.17. The molecule has 0 aromatic heterocycles. The molecule has 0 spiro atoms. The van der Waals surface area contributed by atoms with E-state index in [2.05, 4.69) is 13.2 Å². The van der Waals surface area contributed by atoms with Crippen LogP contribution < -0.4 is 0 Å². The lowest BCUT2D eigenvalue weighted by atomic mass is 10.1. The second-order valence-electron chi connectivity index (χ2n) is 2.76. The molecule has 0 atom stereocenters. The first-order chi connectivity index (χ1) is 5.65. The lowest BCUT2D eigenvalue weighted by molar-refractivity contribution is 0.474. The smallest absolute Gasteiger partial charge is 0.123 e. The van der Waals surface area contributed by atoms with Gasteiger partial charge in [0.2, 0.25) is 0 Å². The number of phenols is 1. The van der Waals surface area contributed by atoms with Gasteiger partial charge in [-0.2, -0.15) is 0 Å². The molecule has 1 rings (SSSR count). The van der Waals surface area contributed by atoms with E-state index >= 15 is 0 Å². The van der Waals surface area contributed by atoms with Crippen molar-refractivity contribution < 1.29 is 5.11 Å². The van der Waals surface area contributed by atoms with Crippen LogP contribution in [-0.4, -0.2) is 5.11 Å². The van der Waals surface area contributed by atoms with E-state index in [1.807, 2.05) is 19.1 Å². The van der Waals surface area contributed by atoms with E-state index < -0.39 is 0 Å². The van der Waals surface area contributed by atoms with Gasteiger partial charge in [0.05, 0.1) is 0 Å². The molecule has 0 aliphatic heterocycles. The summed E-state index contributed by atoms with van der Waals surface area (Å²) >= 11 is 0. The summed E-state index contributed by atoms with van der Waals surface area (Å²) in [6.45, 7) is 9.27. The molecule has 1 aromatic carbocycles. The molecule has 0 aliphatic carbocycles. The first-order valence-electron chi connectivity index (χ1n) is 3.76. The van der Waals surface area contributed by atoms with Crippen LogP contribution in [0, 0.1) is 0 Å². The van der Waals surface area contributed by atoms with E-state index in [4.69, 9.17) is 0 Å². The normalized spacial score (nSPS) is 9.42. The van der Waals surface area contributed by atoms with Crippen LogP contribution in [0.5, 0.6) is 5.75 Å². The molecule has 62 valence electrons. The SMILES string of the molecule is C=Cc1ccc(C(=C)C)cc1O. The van der Waals surface area contributed by atoms with Gasteiger partial charge in [0.15, 0.2) is 0 Å². The second kappa shape index (κ2) is 3.26. The highest BCUT2D eigenvalue weighted by Crippen LogP contribution is 2.22. The number of hydrogen-bond acceptors (Lipinski definition) is 1. The van der Waals surface area contributed by atoms with Crippen molar-refractivity contribution in [3.05, 3.63) is 42.5 Å². The van der Waals surface area contributed by atoms with Crippen LogP contribution in [0.4, 0.5) is 0 Å². The molecule has 12 heavy (non-hydrogen) atoms. The van der Waals surface area contributed by atoms with Crippen molar-refractivity contribution in [2.45, 2.75) is 6.92 Å². The maximum Gasteiger partial charge on any atom is 0.123 e. The maximum absolute atomic E-state index is 9.43. The summed E-state index contributed by atoms with van der Waals surface area (Å²) in [4.78, 5) is 0. The quantitative estimate of drug-likeness (QED) is 0.704. The summed E-state index contributed by atoms with van der Waals surface area (Å²) in [5.41, 5.74) is 2.65. The van der Waals surface area contributed by atoms with Crippen molar-refractivity contribution in [1.29, 1.82) is 0 Å². The Hall–Kier alpha value is -1.50. The number of rotatable bonds is 2. The van der Waals surface area contributed by atoms with Gasteiger partial charge in [0, 0.05) is 5.56 Å². The molecule has 1 nitrogen and oxygen atoms in total. The van der Waals surface area contributed by atoms with Crippen LogP contribution in [0.25, 0.3) is 11.6 Å². The van der Waals surface area contributed by atoms with Crippen molar-refractivity contribution in [3.63, 3.8) is 0 Å². The van der Waals surface area contributed by atoms with Gasteiger partial charge in [-0.15, -0.1) is 0 Å². The van der Waals surface area contributed by atoms with Crippen molar-refractivity contribution in [3.8, 4) is 5.75 Å². The topological polar surface area (TPSA) is 20.2 Å². The molecule has 0 saturated heterocycles. The van der Waals surface area contributed by atoms with E-state index in [-0.39, 0.29) is 5.75 Å². The Kier molecular flexibility index (Phi) is 2.34. The van der Waals surface area contributed by atoms with Crippen LogP contribution in [-0.2, 0) is 0 Å². The highest BCUT2D eigenvalue weighted by molar-refractivity contribution is 5.66. The van der Waals surface area contributed by atoms with Gasteiger partial charge in [-0.3, -0.25) is 0 Å². The molecule has 0 saturated carbocycles. The summed E-state index contributed by atoms with van der Waals surface area (Å²) in [6, 6.07) is 5.44. The molecule has 0 fully saturated rings. The maximum atomic E-state index is 9.43. The zero-order valence-electron chi connectivity index (χ0n) is 7.17. The fraction of sp³-hybridized carbons (Fsp3) is 0.0909. The average Bonchev–Trinajstić information content (AvgIpc) is 2.04. The lowest BCUT2D eigenvalue weighted by Gasteiger charge is -2.02. The molecule has 0 bridgehead atoms. The Morgan fingerprint density at radius 3 is 2.58 bits per heavy atom. The van der Waals surface area contributed by atoms with Crippen LogP contribution in [0.2, 0.25) is 0 Å². The summed E-state index contributed by atoms with van der Waals surface area (Å²) in [7, 11) is 0. The van der Waals surface area contributed by atoms with E-state index in [9.17, 15) is 5.11 Å². The Morgan fingerprint density at radius 2 is 2.17 bits per heavy atom. The number of allylic oxidation sites excluding steroid dienone is 1. The third-order valence-electron chi connectivity index (χ3n) is 1.74. The molecule has 0 amide bonds. The largest absolute Gasteiger partial charge is 0.507 e. The minimum absolute atomic E-state index is 0.255. The summed E-state index contributed by atoms with van der Waals surface area (Å²) < 4.78 is 0. The highest BCUT2D eigenvalue weighted by atomic mass is 16.3. The van der Waals surface area contributed by atoms with Gasteiger partial charge in [0.1, 0.15) is 5.75 Å². The first-order valence-corrected chi connectivity index (χ1v) is 3.76. The van der Waals surface area contributed by atoms with Crippen LogP contribution in [0.15, 0.2) is 31.4 Å². The third kappa shape index (κ3) is 1.56. The predicted octanol–water partition coefficient (Wildman–Crippen LogP) is 3.07. The van der Waals surface area contributed by atoms with Crippen molar-refractivity contribution >= 4 is 11.6 Å². The van der Waals surface area contributed by atoms with E-state index in [0.717, 1.165) is 16.7 Å². The molecule has 0 radical (unpaired) electrons. The summed E-state index contributed by atoms with van der Waals surface area (Å²) in [6.07, 6.45) is 1.62. The first kappa shape index (κ1) is 8.60. The van der Waals surface area contributed by atoms with Crippen LogP contribution >= 0.6 is 0 Å². The Morgan fingerprint density at radius 1 is 1.50 bits per heavy atom. The Labute approximate surface area is 72.7 Å². The lowest BCUT2D eigenvalue weighted by Crippen LogP contribution is -1.79. The van der Waals surface area contributed by atoms with Crippen molar-refractivity contribution in [2.75, 3.05) is 0 Å². The molecular formula is C11H12O. The van der Waals surface area contributed by atoms with Crippen molar-refractivity contribution in [2.24, 2.45) is 0 Å². The third-order valence-corrected chi connectivity index (χ3v) is 1.74. The standard InChI is InChI=1S/C11H12O/c1-4-9-5-6-10(8(2)3)7-11(9)12/h4-7,12H,1-2H2,3H3. The van der Waals surface area contributed by atoms with Crippen LogP contribution in [0.3, 0.4) is 0 Å². The van der Waals surface area contributed by atoms with Gasteiger partial charge >= 0.3 is 0 Å². The monoisotopic (exact) mass is 160 g/mol. The molecule has 0 aliphatic rings. The average molecular weight is 160 g/mol. The molecule has 1 aromatic rings. The Balaban J connectivity index is 3.18. The molecular weight excluding hydrogens is 148 g/mol. The van der Waals surface area contributed by atoms with Gasteiger partial charge in [-0.25, -0.2) is 0 Å². The van der Waals surface area contributed by atoms with Gasteiger partial charge in [-0.1, -0.05) is 36.9 Å². The van der Waals surface area contributed by atoms with Gasteiger partial charge in [0.25, 0.3) is 0 Å². The fourth-order valence-electron chi connectivity index (χ4n) is 0.982. The second-order valence-corrected chi connectivity index (χ2v) is 2.76. The minimum atomic E-state index is 0.255. The van der Waals surface area contributed by atoms with E-state index in [1.54, 1.807) is 12.1 Å². The van der Waals surface area contributed by atoms with E-state index in [0.29, 0.717) is 0 Å². The minimum Gasteiger partial charge on any atom is -0.507 e. The molecule has 1 N–H and O–H groups in total. The summed E-state index contributed by atoms with van der Waals surface area (Å²) in [5.74, 6) is 0.255. The summed E-state index contributed by atoms with van der Waals surface area (Å²) in [5, 5.41) is 9.43. The number of aromatic hydroxyl groups is 1. The number of phenolic OH excluding ortho intramolecular Hbond substituents is 1. The number of hydrogen-bond donors (Lipinski definition) is 1. The predicted molar refractivity (Wildman–Crippen MR) is 52.9 cm³/mol. The van der Waals surface area contributed by atoms with Crippen molar-refractivity contribution in [1.82, 2.24) is 0 Å². The highest BCUT2D eigenvalue weighted by Gasteiger charge is 1.98. The van der Waals surface area contributed by atoms with Gasteiger partial charge < -0.3 is 5.11 Å². The Bertz CT molecular complexity index is 324. The van der Waals surface area contributed by atoms with Crippen LogP contribution in [0.1, 0.15) is 18.1 Å². The molecule has 1 heteroatoms. The van der Waals surface area contributed by atoms with Gasteiger partial charge in [-0.05, 0) is 18.6 Å². The zero-order chi connectivity index (χ0) is 9.14. The molecule has 0 heterocycles. The number of benzene rings is 1. The van der Waals surface area contributed by atoms with E-state index in [1.165, 1.54) is 0 Å². The fourth-order valence-corrected chi connectivity index (χ4v) is 0.982. The molecule has 0 unspecified atom stereocenters.